The molecule has 0 spiro atoms. The maximum Gasteiger partial charge on any atom is 0.131 e. The van der Waals surface area contributed by atoms with E-state index in [0.29, 0.717) is 5.56 Å². The number of nitrogens with zero attached hydrogens (tertiary/aromatic N) is 3. The Hall–Kier alpha value is -2.53. The Morgan fingerprint density at radius 3 is 2.57 bits per heavy atom. The molecule has 1 aromatic carbocycles. The molecule has 0 aliphatic heterocycles. The molecule has 2 N–H and O–H groups in total. The first kappa shape index (κ1) is 27.1. The summed E-state index contributed by atoms with van der Waals surface area (Å²) in [5.41, 5.74) is 5.06. The molecular weight excluding hydrogens is 472 g/mol. The fourth-order valence-corrected chi connectivity index (χ4v) is 6.06. The molecule has 3 aromatic rings. The van der Waals surface area contributed by atoms with Gasteiger partial charge in [0.2, 0.25) is 0 Å². The monoisotopic (exact) mass is 508 g/mol. The average Bonchev–Trinajstić information content (AvgIpc) is 3.24. The Balaban J connectivity index is 2.05. The van der Waals surface area contributed by atoms with Gasteiger partial charge in [-0.15, -0.1) is 11.8 Å². The molecule has 0 radical (unpaired) electrons. The van der Waals surface area contributed by atoms with Crippen LogP contribution in [0.15, 0.2) is 35.7 Å². The Bertz CT molecular complexity index is 1180. The number of unbranched alkanes of at least 4 members (excludes halogenated alkanes) is 3. The summed E-state index contributed by atoms with van der Waals surface area (Å²) >= 11 is 3.33. The van der Waals surface area contributed by atoms with Crippen molar-refractivity contribution in [3.05, 3.63) is 58.1 Å². The van der Waals surface area contributed by atoms with E-state index < -0.39 is 0 Å². The summed E-state index contributed by atoms with van der Waals surface area (Å²) < 4.78 is 5.27. The zero-order valence-electron chi connectivity index (χ0n) is 21.3. The maximum atomic E-state index is 10.3. The van der Waals surface area contributed by atoms with Gasteiger partial charge in [0.15, 0.2) is 0 Å². The van der Waals surface area contributed by atoms with E-state index in [2.05, 4.69) is 38.3 Å². The van der Waals surface area contributed by atoms with Crippen molar-refractivity contribution in [1.29, 1.82) is 5.26 Å². The number of rotatable bonds is 13. The number of hydrogen-bond acceptors (Lipinski definition) is 7. The second-order valence-corrected chi connectivity index (χ2v) is 10.5. The summed E-state index contributed by atoms with van der Waals surface area (Å²) in [5, 5.41) is 15.8. The molecule has 0 aliphatic rings. The molecule has 5 nitrogen and oxygen atoms in total. The number of anilines is 2. The third-order valence-corrected chi connectivity index (χ3v) is 7.98. The SMILES string of the molecule is CCC/C=C\SCCc1c(CCCCC)c(C)nc2sc(N(N)c3ccc(OC)cc3)c(C#N)c12. The average molecular weight is 509 g/mol. The Labute approximate surface area is 218 Å². The minimum absolute atomic E-state index is 0.620. The van der Waals surface area contributed by atoms with Crippen molar-refractivity contribution >= 4 is 44.0 Å². The highest BCUT2D eigenvalue weighted by Crippen LogP contribution is 2.42. The number of hydrogen-bond donors (Lipinski definition) is 1. The number of pyridine rings is 1. The molecule has 0 saturated heterocycles. The largest absolute Gasteiger partial charge is 0.497 e. The zero-order valence-corrected chi connectivity index (χ0v) is 22.9. The van der Waals surface area contributed by atoms with E-state index in [0.717, 1.165) is 70.2 Å². The number of allylic oxidation sites excluding steroid dienone is 1. The highest BCUT2D eigenvalue weighted by Gasteiger charge is 2.23. The van der Waals surface area contributed by atoms with E-state index in [-0.39, 0.29) is 0 Å². The minimum Gasteiger partial charge on any atom is -0.497 e. The van der Waals surface area contributed by atoms with Crippen molar-refractivity contribution in [2.24, 2.45) is 5.84 Å². The first-order valence-electron chi connectivity index (χ1n) is 12.4. The lowest BCUT2D eigenvalue weighted by atomic mass is 9.95. The lowest BCUT2D eigenvalue weighted by molar-refractivity contribution is 0.415. The molecule has 2 aromatic heterocycles. The predicted octanol–water partition coefficient (Wildman–Crippen LogP) is 7.82. The van der Waals surface area contributed by atoms with Crippen LogP contribution < -0.4 is 15.6 Å². The molecule has 0 amide bonds. The molecule has 186 valence electrons. The van der Waals surface area contributed by atoms with Gasteiger partial charge in [-0.05, 0) is 73.4 Å². The summed E-state index contributed by atoms with van der Waals surface area (Å²) in [6, 6.07) is 10.0. The molecule has 2 heterocycles. The Kier molecular flexibility index (Phi) is 10.5. The van der Waals surface area contributed by atoms with Gasteiger partial charge < -0.3 is 4.74 Å². The number of methoxy groups -OCH3 is 1. The predicted molar refractivity (Wildman–Crippen MR) is 152 cm³/mol. The first-order chi connectivity index (χ1) is 17.0. The molecule has 0 bridgehead atoms. The van der Waals surface area contributed by atoms with Crippen LogP contribution in [-0.2, 0) is 12.8 Å². The van der Waals surface area contributed by atoms with Gasteiger partial charge in [0.1, 0.15) is 21.7 Å². The number of nitrogens with two attached hydrogens (primary N) is 1. The minimum atomic E-state index is 0.620. The number of aryl methyl sites for hydroxylation is 2. The number of aromatic nitrogens is 1. The van der Waals surface area contributed by atoms with Crippen molar-refractivity contribution in [2.45, 2.75) is 65.7 Å². The van der Waals surface area contributed by atoms with E-state index in [4.69, 9.17) is 15.6 Å². The fraction of sp³-hybridized carbons (Fsp3) is 0.429. The fourth-order valence-electron chi connectivity index (χ4n) is 4.18. The van der Waals surface area contributed by atoms with Gasteiger partial charge in [0.25, 0.3) is 0 Å². The molecule has 0 atom stereocenters. The van der Waals surface area contributed by atoms with E-state index in [1.807, 2.05) is 36.0 Å². The number of thiophene rings is 1. The molecular formula is C28H36N4OS2. The second kappa shape index (κ2) is 13.5. The molecule has 0 unspecified atom stereocenters. The third kappa shape index (κ3) is 6.58. The standard InChI is InChI=1S/C28H36N4OS2/c1-5-7-9-11-23-20(3)31-27-26(24(23)16-18-34-17-10-8-6-2)25(19-29)28(35-27)32(30)21-12-14-22(33-4)15-13-21/h10,12-15,17H,5-9,11,16,18,30H2,1-4H3/b17-10-. The van der Waals surface area contributed by atoms with Crippen molar-refractivity contribution in [1.82, 2.24) is 4.98 Å². The van der Waals surface area contributed by atoms with Crippen LogP contribution in [0.3, 0.4) is 0 Å². The van der Waals surface area contributed by atoms with Crippen molar-refractivity contribution < 1.29 is 4.74 Å². The number of benzene rings is 1. The van der Waals surface area contributed by atoms with Crippen LogP contribution in [0.5, 0.6) is 5.75 Å². The lowest BCUT2D eigenvalue weighted by Crippen LogP contribution is -2.24. The van der Waals surface area contributed by atoms with Gasteiger partial charge in [-0.25, -0.2) is 10.8 Å². The van der Waals surface area contributed by atoms with Crippen LogP contribution in [-0.4, -0.2) is 17.8 Å². The highest BCUT2D eigenvalue weighted by atomic mass is 32.2. The van der Waals surface area contributed by atoms with Gasteiger partial charge in [-0.2, -0.15) is 5.26 Å². The Morgan fingerprint density at radius 2 is 1.91 bits per heavy atom. The quantitative estimate of drug-likeness (QED) is 0.144. The molecule has 0 aliphatic carbocycles. The summed E-state index contributed by atoms with van der Waals surface area (Å²) in [4.78, 5) is 5.85. The highest BCUT2D eigenvalue weighted by molar-refractivity contribution is 8.02. The molecule has 35 heavy (non-hydrogen) atoms. The number of fused-ring (bicyclic) bond motifs is 1. The van der Waals surface area contributed by atoms with Crippen molar-refractivity contribution in [3.63, 3.8) is 0 Å². The number of hydrazine groups is 1. The topological polar surface area (TPSA) is 75.2 Å². The van der Waals surface area contributed by atoms with Crippen molar-refractivity contribution in [3.8, 4) is 11.8 Å². The molecule has 7 heteroatoms. The van der Waals surface area contributed by atoms with E-state index in [1.54, 1.807) is 12.1 Å². The maximum absolute atomic E-state index is 10.3. The van der Waals surface area contributed by atoms with Gasteiger partial charge in [0.05, 0.1) is 18.4 Å². The summed E-state index contributed by atoms with van der Waals surface area (Å²) in [5.74, 6) is 8.29. The molecule has 0 saturated carbocycles. The van der Waals surface area contributed by atoms with Gasteiger partial charge >= 0.3 is 0 Å². The van der Waals surface area contributed by atoms with E-state index in [1.165, 1.54) is 35.3 Å². The first-order valence-corrected chi connectivity index (χ1v) is 14.2. The normalized spacial score (nSPS) is 11.3. The lowest BCUT2D eigenvalue weighted by Gasteiger charge is -2.17. The number of ether oxygens (including phenoxy) is 1. The number of nitriles is 1. The molecule has 3 rings (SSSR count). The van der Waals surface area contributed by atoms with Crippen LogP contribution in [0, 0.1) is 18.3 Å². The van der Waals surface area contributed by atoms with Crippen LogP contribution in [0.4, 0.5) is 10.7 Å². The Morgan fingerprint density at radius 1 is 1.14 bits per heavy atom. The van der Waals surface area contributed by atoms with E-state index in [9.17, 15) is 5.26 Å². The van der Waals surface area contributed by atoms with Crippen molar-refractivity contribution in [2.75, 3.05) is 17.9 Å². The van der Waals surface area contributed by atoms with Crippen LogP contribution in [0.2, 0.25) is 0 Å². The summed E-state index contributed by atoms with van der Waals surface area (Å²) in [6.07, 6.45) is 9.92. The van der Waals surface area contributed by atoms with Crippen LogP contribution >= 0.6 is 23.1 Å². The van der Waals surface area contributed by atoms with Gasteiger partial charge in [-0.1, -0.05) is 50.5 Å². The van der Waals surface area contributed by atoms with Gasteiger partial charge in [-0.3, -0.25) is 5.01 Å². The molecule has 0 fully saturated rings. The van der Waals surface area contributed by atoms with Crippen LogP contribution in [0.25, 0.3) is 10.2 Å². The van der Waals surface area contributed by atoms with E-state index >= 15 is 0 Å². The zero-order chi connectivity index (χ0) is 25.2. The number of thioether (sulfide) groups is 1. The summed E-state index contributed by atoms with van der Waals surface area (Å²) in [7, 11) is 1.64. The van der Waals surface area contributed by atoms with Gasteiger partial charge in [0, 0.05) is 16.8 Å². The third-order valence-electron chi connectivity index (χ3n) is 6.07. The summed E-state index contributed by atoms with van der Waals surface area (Å²) in [6.45, 7) is 6.52. The smallest absolute Gasteiger partial charge is 0.131 e. The van der Waals surface area contributed by atoms with Crippen LogP contribution in [0.1, 0.15) is 68.3 Å². The second-order valence-electron chi connectivity index (χ2n) is 8.53.